The van der Waals surface area contributed by atoms with Crippen LogP contribution in [-0.4, -0.2) is 30.2 Å². The summed E-state index contributed by atoms with van der Waals surface area (Å²) in [5.74, 6) is 0.382. The molecule has 2 aromatic heterocycles. The number of H-pyrrole nitrogens is 1. The van der Waals surface area contributed by atoms with Crippen LogP contribution in [0.1, 0.15) is 56.1 Å². The van der Waals surface area contributed by atoms with Crippen LogP contribution in [0, 0.1) is 6.92 Å². The van der Waals surface area contributed by atoms with E-state index in [4.69, 9.17) is 0 Å². The van der Waals surface area contributed by atoms with E-state index < -0.39 is 11.2 Å². The van der Waals surface area contributed by atoms with E-state index in [0.29, 0.717) is 17.4 Å². The van der Waals surface area contributed by atoms with Crippen LogP contribution in [0.5, 0.6) is 0 Å². The van der Waals surface area contributed by atoms with Crippen molar-refractivity contribution in [1.82, 2.24) is 29.6 Å². The second-order valence-electron chi connectivity index (χ2n) is 6.52. The van der Waals surface area contributed by atoms with Crippen molar-refractivity contribution in [2.24, 2.45) is 0 Å². The van der Waals surface area contributed by atoms with Gasteiger partial charge in [0.1, 0.15) is 12.9 Å². The monoisotopic (exact) mass is 346 g/mol. The van der Waals surface area contributed by atoms with Crippen LogP contribution in [0.4, 0.5) is 0 Å². The molecule has 9 heteroatoms. The Kier molecular flexibility index (Phi) is 4.82. The molecule has 2 N–H and O–H groups in total. The van der Waals surface area contributed by atoms with Crippen molar-refractivity contribution < 1.29 is 4.79 Å². The van der Waals surface area contributed by atoms with Gasteiger partial charge in [0, 0.05) is 17.8 Å². The van der Waals surface area contributed by atoms with Gasteiger partial charge in [-0.05, 0) is 26.7 Å². The number of hydrogen-bond donors (Lipinski definition) is 2. The highest BCUT2D eigenvalue weighted by atomic mass is 16.2. The first-order chi connectivity index (χ1) is 12.0. The Hall–Kier alpha value is -2.71. The van der Waals surface area contributed by atoms with E-state index in [2.05, 4.69) is 20.5 Å². The minimum absolute atomic E-state index is 0.168. The molecule has 1 aliphatic rings. The second kappa shape index (κ2) is 7.04. The molecule has 0 aliphatic heterocycles. The van der Waals surface area contributed by atoms with Gasteiger partial charge in [0.05, 0.1) is 6.04 Å². The summed E-state index contributed by atoms with van der Waals surface area (Å²) < 4.78 is 3.22. The van der Waals surface area contributed by atoms with Crippen LogP contribution in [0.15, 0.2) is 22.1 Å². The van der Waals surface area contributed by atoms with Crippen molar-refractivity contribution in [2.75, 3.05) is 0 Å². The molecule has 134 valence electrons. The van der Waals surface area contributed by atoms with Gasteiger partial charge in [-0.1, -0.05) is 12.8 Å². The Labute approximate surface area is 144 Å². The molecular formula is C16H22N6O3. The third kappa shape index (κ3) is 3.70. The Balaban J connectivity index is 1.69. The van der Waals surface area contributed by atoms with Gasteiger partial charge in [0.15, 0.2) is 5.82 Å². The van der Waals surface area contributed by atoms with E-state index in [9.17, 15) is 14.4 Å². The van der Waals surface area contributed by atoms with Gasteiger partial charge in [0.25, 0.3) is 5.56 Å². The molecule has 1 saturated carbocycles. The Morgan fingerprint density at radius 3 is 2.84 bits per heavy atom. The maximum Gasteiger partial charge on any atom is 0.328 e. The van der Waals surface area contributed by atoms with Crippen LogP contribution in [-0.2, 0) is 11.3 Å². The largest absolute Gasteiger partial charge is 0.345 e. The third-order valence-corrected chi connectivity index (χ3v) is 4.59. The first-order valence-corrected chi connectivity index (χ1v) is 8.45. The van der Waals surface area contributed by atoms with Crippen LogP contribution in [0.25, 0.3) is 0 Å². The number of amides is 1. The summed E-state index contributed by atoms with van der Waals surface area (Å²) in [4.78, 5) is 37.6. The van der Waals surface area contributed by atoms with Crippen molar-refractivity contribution in [1.29, 1.82) is 0 Å². The molecule has 1 fully saturated rings. The quantitative estimate of drug-likeness (QED) is 0.815. The lowest BCUT2D eigenvalue weighted by Crippen LogP contribution is -2.37. The molecule has 1 atom stereocenters. The van der Waals surface area contributed by atoms with Crippen molar-refractivity contribution in [3.05, 3.63) is 44.8 Å². The summed E-state index contributed by atoms with van der Waals surface area (Å²) in [5, 5.41) is 11.0. The minimum Gasteiger partial charge on any atom is -0.345 e. The van der Waals surface area contributed by atoms with Gasteiger partial charge in [-0.3, -0.25) is 19.1 Å². The average Bonchev–Trinajstić information content (AvgIpc) is 3.23. The van der Waals surface area contributed by atoms with E-state index in [1.54, 1.807) is 13.3 Å². The molecule has 1 amide bonds. The molecule has 0 saturated heterocycles. The second-order valence-corrected chi connectivity index (χ2v) is 6.52. The highest BCUT2D eigenvalue weighted by Crippen LogP contribution is 2.30. The molecule has 0 aromatic carbocycles. The van der Waals surface area contributed by atoms with Crippen molar-refractivity contribution in [3.63, 3.8) is 0 Å². The smallest absolute Gasteiger partial charge is 0.328 e. The van der Waals surface area contributed by atoms with E-state index in [1.165, 1.54) is 23.6 Å². The number of carbonyl (C=O) groups excluding carboxylic acids is 1. The van der Waals surface area contributed by atoms with Gasteiger partial charge >= 0.3 is 5.69 Å². The number of nitrogens with zero attached hydrogens (tertiary/aromatic N) is 4. The first-order valence-electron chi connectivity index (χ1n) is 8.45. The zero-order valence-electron chi connectivity index (χ0n) is 14.4. The van der Waals surface area contributed by atoms with Gasteiger partial charge in [-0.25, -0.2) is 4.79 Å². The molecule has 2 heterocycles. The Morgan fingerprint density at radius 1 is 1.40 bits per heavy atom. The number of aryl methyl sites for hydroxylation is 1. The van der Waals surface area contributed by atoms with Gasteiger partial charge in [-0.15, -0.1) is 10.2 Å². The lowest BCUT2D eigenvalue weighted by Gasteiger charge is -2.19. The fourth-order valence-electron chi connectivity index (χ4n) is 3.27. The minimum atomic E-state index is -0.604. The molecule has 1 aliphatic carbocycles. The molecular weight excluding hydrogens is 324 g/mol. The third-order valence-electron chi connectivity index (χ3n) is 4.59. The fourth-order valence-corrected chi connectivity index (χ4v) is 3.27. The van der Waals surface area contributed by atoms with Crippen LogP contribution < -0.4 is 16.6 Å². The number of carbonyl (C=O) groups is 1. The zero-order chi connectivity index (χ0) is 18.0. The first kappa shape index (κ1) is 17.1. The fraction of sp³-hybridized carbons (Fsp3) is 0.562. The summed E-state index contributed by atoms with van der Waals surface area (Å²) in [7, 11) is 0. The molecule has 9 nitrogen and oxygen atoms in total. The predicted molar refractivity (Wildman–Crippen MR) is 90.1 cm³/mol. The summed E-state index contributed by atoms with van der Waals surface area (Å²) >= 11 is 0. The van der Waals surface area contributed by atoms with Crippen molar-refractivity contribution >= 4 is 5.91 Å². The van der Waals surface area contributed by atoms with Gasteiger partial charge in [0.2, 0.25) is 5.91 Å². The normalized spacial score (nSPS) is 16.1. The number of hydrogen-bond acceptors (Lipinski definition) is 5. The SMILES string of the molecule is Cc1cn(CC(=O)NC(C)c2nncn2C2CCCC2)c(=O)[nH]c1=O. The summed E-state index contributed by atoms with van der Waals surface area (Å²) in [6.07, 6.45) is 7.67. The number of nitrogens with one attached hydrogen (secondary N) is 2. The van der Waals surface area contributed by atoms with Crippen LogP contribution in [0.2, 0.25) is 0 Å². The Morgan fingerprint density at radius 2 is 2.12 bits per heavy atom. The average molecular weight is 346 g/mol. The summed E-state index contributed by atoms with van der Waals surface area (Å²) in [5.41, 5.74) is -0.673. The molecule has 0 spiro atoms. The standard InChI is InChI=1S/C16H22N6O3/c1-10-7-21(16(25)19-15(10)24)8-13(23)18-11(2)14-20-17-9-22(14)12-5-3-4-6-12/h7,9,11-12H,3-6,8H2,1-2H3,(H,18,23)(H,19,24,25). The van der Waals surface area contributed by atoms with E-state index >= 15 is 0 Å². The number of rotatable bonds is 5. The molecule has 1 unspecified atom stereocenters. The summed E-state index contributed by atoms with van der Waals surface area (Å²) in [6.45, 7) is 3.26. The highest BCUT2D eigenvalue weighted by Gasteiger charge is 2.23. The van der Waals surface area contributed by atoms with Gasteiger partial charge in [-0.2, -0.15) is 0 Å². The predicted octanol–water partition coefficient (Wildman–Crippen LogP) is 0.429. The number of aromatic nitrogens is 5. The number of aromatic amines is 1. The van der Waals surface area contributed by atoms with Crippen LogP contribution in [0.3, 0.4) is 0 Å². The lowest BCUT2D eigenvalue weighted by molar-refractivity contribution is -0.122. The van der Waals surface area contributed by atoms with E-state index in [-0.39, 0.29) is 18.5 Å². The zero-order valence-corrected chi connectivity index (χ0v) is 14.4. The lowest BCUT2D eigenvalue weighted by atomic mass is 10.2. The molecule has 25 heavy (non-hydrogen) atoms. The molecule has 0 bridgehead atoms. The molecule has 3 rings (SSSR count). The maximum absolute atomic E-state index is 12.3. The van der Waals surface area contributed by atoms with E-state index in [0.717, 1.165) is 12.8 Å². The summed E-state index contributed by atoms with van der Waals surface area (Å²) in [6, 6.07) is 0.0592. The topological polar surface area (TPSA) is 115 Å². The molecule has 2 aromatic rings. The van der Waals surface area contributed by atoms with Crippen LogP contribution >= 0.6 is 0 Å². The van der Waals surface area contributed by atoms with E-state index in [1.807, 2.05) is 11.5 Å². The van der Waals surface area contributed by atoms with Gasteiger partial charge < -0.3 is 9.88 Å². The maximum atomic E-state index is 12.3. The Bertz CT molecular complexity index is 874. The highest BCUT2D eigenvalue weighted by molar-refractivity contribution is 5.76. The molecule has 0 radical (unpaired) electrons. The van der Waals surface area contributed by atoms with Crippen molar-refractivity contribution in [3.8, 4) is 0 Å². The van der Waals surface area contributed by atoms with Crippen molar-refractivity contribution in [2.45, 2.75) is 58.2 Å².